The van der Waals surface area contributed by atoms with Crippen molar-refractivity contribution < 1.29 is 9.53 Å². The summed E-state index contributed by atoms with van der Waals surface area (Å²) in [5.41, 5.74) is 5.36. The van der Waals surface area contributed by atoms with Gasteiger partial charge in [0.25, 0.3) is 0 Å². The summed E-state index contributed by atoms with van der Waals surface area (Å²) < 4.78 is 5.61. The molecule has 7 heteroatoms. The van der Waals surface area contributed by atoms with Gasteiger partial charge in [0.15, 0.2) is 5.54 Å². The van der Waals surface area contributed by atoms with Gasteiger partial charge in [-0.15, -0.1) is 15.0 Å². The van der Waals surface area contributed by atoms with E-state index in [0.29, 0.717) is 5.82 Å². The molecule has 0 fully saturated rings. The van der Waals surface area contributed by atoms with Crippen LogP contribution in [0, 0.1) is 5.92 Å². The van der Waals surface area contributed by atoms with Crippen molar-refractivity contribution in [2.24, 2.45) is 10.9 Å². The maximum Gasteiger partial charge on any atom is 0.331 e. The van der Waals surface area contributed by atoms with E-state index in [1.165, 1.54) is 0 Å². The third kappa shape index (κ3) is 7.11. The Hall–Kier alpha value is -5.69. The summed E-state index contributed by atoms with van der Waals surface area (Å²) in [6.45, 7) is 9.54. The van der Waals surface area contributed by atoms with Gasteiger partial charge in [0, 0.05) is 11.8 Å². The number of aliphatic imine (C=N–C) groups is 1. The standard InChI is InChI=1S/C42H41N5O2/c1-30(2)38(40(48)49-41(3,4)5)43-29-31-25-27-32(28-26-31)36-23-15-16-24-37(36)39-44-46-47(45-39)42(33-17-9-6-10-18-33,34-19-11-7-12-20-34)35-21-13-8-14-22-35/h6-30,38H,1-5H3/b43-29+/t38-/m0/s1. The molecule has 7 nitrogen and oxygen atoms in total. The lowest BCUT2D eigenvalue weighted by molar-refractivity contribution is -0.157. The number of rotatable bonds is 10. The fourth-order valence-electron chi connectivity index (χ4n) is 6.06. The van der Waals surface area contributed by atoms with Crippen LogP contribution in [-0.2, 0) is 15.1 Å². The molecular weight excluding hydrogens is 606 g/mol. The van der Waals surface area contributed by atoms with Crippen molar-refractivity contribution in [2.75, 3.05) is 0 Å². The number of carbonyl (C=O) groups is 1. The Morgan fingerprint density at radius 2 is 1.18 bits per heavy atom. The lowest BCUT2D eigenvalue weighted by Gasteiger charge is -2.34. The van der Waals surface area contributed by atoms with Crippen molar-refractivity contribution in [1.29, 1.82) is 0 Å². The molecule has 0 bridgehead atoms. The fraction of sp³-hybridized carbons (Fsp3) is 0.214. The van der Waals surface area contributed by atoms with Gasteiger partial charge in [-0.3, -0.25) is 4.99 Å². The Morgan fingerprint density at radius 1 is 0.694 bits per heavy atom. The van der Waals surface area contributed by atoms with E-state index in [2.05, 4.69) is 52.6 Å². The summed E-state index contributed by atoms with van der Waals surface area (Å²) in [7, 11) is 0. The molecule has 0 spiro atoms. The van der Waals surface area contributed by atoms with E-state index in [0.717, 1.165) is 38.9 Å². The van der Waals surface area contributed by atoms with Crippen LogP contribution in [-0.4, -0.2) is 44.0 Å². The summed E-state index contributed by atoms with van der Waals surface area (Å²) in [5.74, 6) is 0.203. The van der Waals surface area contributed by atoms with E-state index >= 15 is 0 Å². The Bertz CT molecular complexity index is 1920. The number of ether oxygens (including phenoxy) is 1. The van der Waals surface area contributed by atoms with Crippen LogP contribution in [0.4, 0.5) is 0 Å². The second kappa shape index (κ2) is 14.2. The van der Waals surface area contributed by atoms with Crippen molar-refractivity contribution in [1.82, 2.24) is 20.2 Å². The third-order valence-corrected chi connectivity index (χ3v) is 8.34. The van der Waals surface area contributed by atoms with Crippen molar-refractivity contribution >= 4 is 12.2 Å². The van der Waals surface area contributed by atoms with E-state index < -0.39 is 17.2 Å². The van der Waals surface area contributed by atoms with Gasteiger partial charge in [-0.05, 0) is 65.3 Å². The number of nitrogens with zero attached hydrogens (tertiary/aromatic N) is 5. The number of aromatic nitrogens is 4. The summed E-state index contributed by atoms with van der Waals surface area (Å²) >= 11 is 0. The van der Waals surface area contributed by atoms with E-state index in [1.54, 1.807) is 11.0 Å². The molecule has 0 unspecified atom stereocenters. The summed E-state index contributed by atoms with van der Waals surface area (Å²) in [6.07, 6.45) is 1.74. The average Bonchev–Trinajstić information content (AvgIpc) is 3.60. The van der Waals surface area contributed by atoms with E-state index in [-0.39, 0.29) is 11.9 Å². The summed E-state index contributed by atoms with van der Waals surface area (Å²) in [4.78, 5) is 19.1. The highest BCUT2D eigenvalue weighted by molar-refractivity contribution is 5.86. The molecule has 1 aromatic heterocycles. The van der Waals surface area contributed by atoms with Gasteiger partial charge in [0.05, 0.1) is 0 Å². The molecule has 0 saturated carbocycles. The maximum atomic E-state index is 12.8. The molecule has 0 saturated heterocycles. The average molecular weight is 648 g/mol. The quantitative estimate of drug-likeness (QED) is 0.0845. The van der Waals surface area contributed by atoms with E-state index in [9.17, 15) is 4.79 Å². The van der Waals surface area contributed by atoms with Crippen molar-refractivity contribution in [2.45, 2.75) is 51.8 Å². The number of carbonyl (C=O) groups excluding carboxylic acids is 1. The summed E-state index contributed by atoms with van der Waals surface area (Å²) in [6, 6.07) is 46.5. The highest BCUT2D eigenvalue weighted by Gasteiger charge is 2.41. The molecule has 246 valence electrons. The maximum absolute atomic E-state index is 12.8. The Kier molecular flexibility index (Phi) is 9.63. The van der Waals surface area contributed by atoms with Crippen molar-refractivity contribution in [3.8, 4) is 22.5 Å². The molecule has 5 aromatic carbocycles. The molecule has 0 aliphatic rings. The van der Waals surface area contributed by atoms with Gasteiger partial charge in [-0.1, -0.05) is 153 Å². The molecule has 49 heavy (non-hydrogen) atoms. The van der Waals surface area contributed by atoms with Crippen LogP contribution in [0.2, 0.25) is 0 Å². The normalized spacial score (nSPS) is 12.7. The van der Waals surface area contributed by atoms with Crippen molar-refractivity contribution in [3.63, 3.8) is 0 Å². The Balaban J connectivity index is 1.37. The van der Waals surface area contributed by atoms with Crippen LogP contribution < -0.4 is 0 Å². The molecule has 0 amide bonds. The molecule has 1 heterocycles. The minimum atomic E-state index is -0.863. The van der Waals surface area contributed by atoms with E-state index in [4.69, 9.17) is 15.0 Å². The molecule has 0 aliphatic heterocycles. The number of esters is 1. The monoisotopic (exact) mass is 647 g/mol. The highest BCUT2D eigenvalue weighted by atomic mass is 16.6. The topological polar surface area (TPSA) is 82.3 Å². The first-order valence-corrected chi connectivity index (χ1v) is 16.6. The molecule has 6 rings (SSSR count). The van der Waals surface area contributed by atoms with Crippen LogP contribution >= 0.6 is 0 Å². The Morgan fingerprint density at radius 3 is 1.67 bits per heavy atom. The van der Waals surface area contributed by atoms with Gasteiger partial charge in [-0.2, -0.15) is 0 Å². The minimum Gasteiger partial charge on any atom is -0.458 e. The first kappa shape index (κ1) is 33.2. The molecule has 0 aliphatic carbocycles. The second-order valence-corrected chi connectivity index (χ2v) is 13.4. The number of hydrogen-bond acceptors (Lipinski definition) is 6. The molecule has 0 radical (unpaired) electrons. The zero-order chi connectivity index (χ0) is 34.4. The zero-order valence-electron chi connectivity index (χ0n) is 28.6. The molecule has 0 N–H and O–H groups in total. The largest absolute Gasteiger partial charge is 0.458 e. The van der Waals surface area contributed by atoms with Crippen LogP contribution in [0.25, 0.3) is 22.5 Å². The number of tetrazole rings is 1. The second-order valence-electron chi connectivity index (χ2n) is 13.4. The van der Waals surface area contributed by atoms with Crippen LogP contribution in [0.5, 0.6) is 0 Å². The highest BCUT2D eigenvalue weighted by Crippen LogP contribution is 2.40. The third-order valence-electron chi connectivity index (χ3n) is 8.34. The summed E-state index contributed by atoms with van der Waals surface area (Å²) in [5, 5.41) is 14.5. The van der Waals surface area contributed by atoms with Crippen LogP contribution in [0.1, 0.15) is 56.9 Å². The first-order valence-electron chi connectivity index (χ1n) is 16.6. The Labute approximate surface area is 288 Å². The predicted molar refractivity (Wildman–Crippen MR) is 195 cm³/mol. The molecule has 6 aromatic rings. The van der Waals surface area contributed by atoms with Gasteiger partial charge in [0.2, 0.25) is 5.82 Å². The van der Waals surface area contributed by atoms with Crippen LogP contribution in [0.15, 0.2) is 145 Å². The molecule has 1 atom stereocenters. The number of benzene rings is 5. The van der Waals surface area contributed by atoms with Crippen LogP contribution in [0.3, 0.4) is 0 Å². The van der Waals surface area contributed by atoms with E-state index in [1.807, 2.05) is 132 Å². The first-order chi connectivity index (χ1) is 23.7. The SMILES string of the molecule is CC(C)[C@H](/N=C/c1ccc(-c2ccccc2-c2nnn(C(c3ccccc3)(c3ccccc3)c3ccccc3)n2)cc1)C(=O)OC(C)(C)C. The lowest BCUT2D eigenvalue weighted by Crippen LogP contribution is -2.39. The van der Waals surface area contributed by atoms with Gasteiger partial charge < -0.3 is 4.74 Å². The minimum absolute atomic E-state index is 0.00238. The smallest absolute Gasteiger partial charge is 0.331 e. The lowest BCUT2D eigenvalue weighted by atomic mass is 9.77. The number of hydrogen-bond donors (Lipinski definition) is 0. The van der Waals surface area contributed by atoms with Gasteiger partial charge in [-0.25, -0.2) is 4.79 Å². The van der Waals surface area contributed by atoms with Gasteiger partial charge >= 0.3 is 5.97 Å². The van der Waals surface area contributed by atoms with Crippen molar-refractivity contribution in [3.05, 3.63) is 162 Å². The fourth-order valence-corrected chi connectivity index (χ4v) is 6.06. The molecular formula is C42H41N5O2. The zero-order valence-corrected chi connectivity index (χ0v) is 28.6. The predicted octanol–water partition coefficient (Wildman–Crippen LogP) is 8.63. The van der Waals surface area contributed by atoms with Gasteiger partial charge in [0.1, 0.15) is 11.6 Å².